The van der Waals surface area contributed by atoms with Crippen molar-refractivity contribution in [3.8, 4) is 0 Å². The maximum absolute atomic E-state index is 12.4. The number of carbonyl (C=O) groups excluding carboxylic acids is 2. The molecule has 0 aliphatic heterocycles. The Morgan fingerprint density at radius 3 is 2.38 bits per heavy atom. The number of amides is 1. The fourth-order valence-corrected chi connectivity index (χ4v) is 2.84. The van der Waals surface area contributed by atoms with Crippen molar-refractivity contribution in [2.75, 3.05) is 12.4 Å². The Kier molecular flexibility index (Phi) is 5.66. The number of ether oxygens (including phenoxy) is 1. The highest BCUT2D eigenvalue weighted by atomic mass is 16.5. The molecule has 0 radical (unpaired) electrons. The van der Waals surface area contributed by atoms with Crippen molar-refractivity contribution in [1.29, 1.82) is 0 Å². The molecule has 1 aliphatic carbocycles. The smallest absolute Gasteiger partial charge is 0.318 e. The number of anilines is 1. The quantitative estimate of drug-likeness (QED) is 0.522. The van der Waals surface area contributed by atoms with Crippen molar-refractivity contribution in [2.24, 2.45) is 11.8 Å². The summed E-state index contributed by atoms with van der Waals surface area (Å²) in [7, 11) is 1.32. The monoisotopic (exact) mass is 291 g/mol. The van der Waals surface area contributed by atoms with E-state index in [1.807, 2.05) is 0 Å². The minimum atomic E-state index is -0.781. The highest BCUT2D eigenvalue weighted by molar-refractivity contribution is 6.04. The number of nitrogens with zero attached hydrogens (tertiary/aromatic N) is 2. The van der Waals surface area contributed by atoms with Gasteiger partial charge in [-0.3, -0.25) is 14.9 Å². The summed E-state index contributed by atoms with van der Waals surface area (Å²) in [6, 6.07) is 1.67. The minimum Gasteiger partial charge on any atom is -0.468 e. The van der Waals surface area contributed by atoms with Crippen LogP contribution in [0.25, 0.3) is 0 Å². The molecule has 0 saturated heterocycles. The summed E-state index contributed by atoms with van der Waals surface area (Å²) in [5.41, 5.74) is 0. The standard InChI is InChI=1S/C15H21N3O3/c1-21-14(20)12(11-7-4-2-3-5-8-11)13(19)18-15-16-9-6-10-17-15/h6,9-12H,2-5,7-8H2,1H3,(H,16,17,18,19)/t12-/m0/s1. The van der Waals surface area contributed by atoms with Crippen LogP contribution in [0.4, 0.5) is 5.95 Å². The molecule has 1 aliphatic rings. The molecule has 1 fully saturated rings. The first kappa shape index (κ1) is 15.4. The van der Waals surface area contributed by atoms with Crippen LogP contribution in [0.1, 0.15) is 38.5 Å². The Morgan fingerprint density at radius 1 is 1.19 bits per heavy atom. The fraction of sp³-hybridized carbons (Fsp3) is 0.600. The molecule has 0 bridgehead atoms. The van der Waals surface area contributed by atoms with E-state index < -0.39 is 11.9 Å². The number of carbonyl (C=O) groups is 2. The molecule has 1 atom stereocenters. The zero-order chi connectivity index (χ0) is 15.1. The van der Waals surface area contributed by atoms with Crippen molar-refractivity contribution in [3.63, 3.8) is 0 Å². The Morgan fingerprint density at radius 2 is 1.81 bits per heavy atom. The number of hydrogen-bond donors (Lipinski definition) is 1. The molecular formula is C15H21N3O3. The number of methoxy groups -OCH3 is 1. The second-order valence-electron chi connectivity index (χ2n) is 5.31. The molecule has 6 heteroatoms. The van der Waals surface area contributed by atoms with E-state index in [4.69, 9.17) is 4.74 Å². The topological polar surface area (TPSA) is 81.2 Å². The fourth-order valence-electron chi connectivity index (χ4n) is 2.84. The summed E-state index contributed by atoms with van der Waals surface area (Å²) in [6.07, 6.45) is 9.26. The predicted molar refractivity (Wildman–Crippen MR) is 77.4 cm³/mol. The van der Waals surface area contributed by atoms with Gasteiger partial charge in [0.05, 0.1) is 7.11 Å². The van der Waals surface area contributed by atoms with Crippen LogP contribution in [0.3, 0.4) is 0 Å². The Labute approximate surface area is 124 Å². The molecule has 21 heavy (non-hydrogen) atoms. The van der Waals surface area contributed by atoms with Gasteiger partial charge in [-0.05, 0) is 24.8 Å². The van der Waals surface area contributed by atoms with E-state index in [-0.39, 0.29) is 17.8 Å². The van der Waals surface area contributed by atoms with Crippen LogP contribution in [0.5, 0.6) is 0 Å². The van der Waals surface area contributed by atoms with Crippen LogP contribution in [0.2, 0.25) is 0 Å². The third-order valence-corrected chi connectivity index (χ3v) is 3.91. The van der Waals surface area contributed by atoms with E-state index in [0.29, 0.717) is 0 Å². The largest absolute Gasteiger partial charge is 0.468 e. The molecule has 0 unspecified atom stereocenters. The van der Waals surface area contributed by atoms with Gasteiger partial charge in [0.2, 0.25) is 11.9 Å². The van der Waals surface area contributed by atoms with Gasteiger partial charge in [0.15, 0.2) is 0 Å². The molecule has 1 saturated carbocycles. The van der Waals surface area contributed by atoms with Gasteiger partial charge in [-0.25, -0.2) is 9.97 Å². The van der Waals surface area contributed by atoms with Crippen molar-refractivity contribution in [2.45, 2.75) is 38.5 Å². The number of nitrogens with one attached hydrogen (secondary N) is 1. The van der Waals surface area contributed by atoms with Gasteiger partial charge >= 0.3 is 5.97 Å². The lowest BCUT2D eigenvalue weighted by Crippen LogP contribution is -2.36. The van der Waals surface area contributed by atoms with Crippen molar-refractivity contribution in [1.82, 2.24) is 9.97 Å². The first-order valence-corrected chi connectivity index (χ1v) is 7.38. The lowest BCUT2D eigenvalue weighted by molar-refractivity contribution is -0.151. The van der Waals surface area contributed by atoms with E-state index in [1.165, 1.54) is 7.11 Å². The van der Waals surface area contributed by atoms with Crippen molar-refractivity contribution >= 4 is 17.8 Å². The molecule has 1 N–H and O–H groups in total. The molecular weight excluding hydrogens is 270 g/mol. The second kappa shape index (κ2) is 7.71. The van der Waals surface area contributed by atoms with E-state index in [0.717, 1.165) is 38.5 Å². The summed E-state index contributed by atoms with van der Waals surface area (Å²) in [4.78, 5) is 32.4. The van der Waals surface area contributed by atoms with E-state index in [9.17, 15) is 9.59 Å². The Hall–Kier alpha value is -1.98. The summed E-state index contributed by atoms with van der Waals surface area (Å²) < 4.78 is 4.82. The molecule has 1 aromatic heterocycles. The number of esters is 1. The number of hydrogen-bond acceptors (Lipinski definition) is 5. The lowest BCUT2D eigenvalue weighted by Gasteiger charge is -2.22. The van der Waals surface area contributed by atoms with Gasteiger partial charge in [-0.2, -0.15) is 0 Å². The van der Waals surface area contributed by atoms with Gasteiger partial charge in [-0.15, -0.1) is 0 Å². The van der Waals surface area contributed by atoms with Gasteiger partial charge in [0.25, 0.3) is 0 Å². The van der Waals surface area contributed by atoms with Gasteiger partial charge in [0, 0.05) is 12.4 Å². The molecule has 0 aromatic carbocycles. The van der Waals surface area contributed by atoms with E-state index in [2.05, 4.69) is 15.3 Å². The average molecular weight is 291 g/mol. The maximum Gasteiger partial charge on any atom is 0.318 e. The zero-order valence-electron chi connectivity index (χ0n) is 12.2. The Balaban J connectivity index is 2.11. The summed E-state index contributed by atoms with van der Waals surface area (Å²) in [5.74, 6) is -1.39. The van der Waals surface area contributed by atoms with Crippen LogP contribution >= 0.6 is 0 Å². The van der Waals surface area contributed by atoms with Gasteiger partial charge < -0.3 is 4.74 Å². The van der Waals surface area contributed by atoms with E-state index >= 15 is 0 Å². The minimum absolute atomic E-state index is 0.0312. The van der Waals surface area contributed by atoms with Gasteiger partial charge in [-0.1, -0.05) is 25.7 Å². The van der Waals surface area contributed by atoms with Gasteiger partial charge in [0.1, 0.15) is 5.92 Å². The highest BCUT2D eigenvalue weighted by Gasteiger charge is 2.36. The third-order valence-electron chi connectivity index (χ3n) is 3.91. The van der Waals surface area contributed by atoms with Crippen LogP contribution in [-0.4, -0.2) is 29.0 Å². The van der Waals surface area contributed by atoms with Crippen LogP contribution < -0.4 is 5.32 Å². The molecule has 2 rings (SSSR count). The van der Waals surface area contributed by atoms with Crippen LogP contribution in [-0.2, 0) is 14.3 Å². The Bertz CT molecular complexity index is 470. The second-order valence-corrected chi connectivity index (χ2v) is 5.31. The summed E-state index contributed by atoms with van der Waals surface area (Å²) >= 11 is 0. The summed E-state index contributed by atoms with van der Waals surface area (Å²) in [6.45, 7) is 0. The maximum atomic E-state index is 12.4. The molecule has 1 aromatic rings. The summed E-state index contributed by atoms with van der Waals surface area (Å²) in [5, 5.41) is 2.61. The van der Waals surface area contributed by atoms with E-state index in [1.54, 1.807) is 18.5 Å². The third kappa shape index (κ3) is 4.24. The highest BCUT2D eigenvalue weighted by Crippen LogP contribution is 2.30. The number of rotatable bonds is 4. The number of aromatic nitrogens is 2. The molecule has 6 nitrogen and oxygen atoms in total. The first-order chi connectivity index (χ1) is 10.2. The first-order valence-electron chi connectivity index (χ1n) is 7.38. The van der Waals surface area contributed by atoms with Crippen LogP contribution in [0, 0.1) is 11.8 Å². The average Bonchev–Trinajstić information content (AvgIpc) is 2.77. The molecule has 0 spiro atoms. The SMILES string of the molecule is COC(=O)[C@H](C(=O)Nc1ncccn1)C1CCCCCC1. The molecule has 1 heterocycles. The van der Waals surface area contributed by atoms with Crippen molar-refractivity contribution in [3.05, 3.63) is 18.5 Å². The zero-order valence-corrected chi connectivity index (χ0v) is 12.2. The van der Waals surface area contributed by atoms with Crippen molar-refractivity contribution < 1.29 is 14.3 Å². The normalized spacial score (nSPS) is 17.6. The predicted octanol–water partition coefficient (Wildman–Crippen LogP) is 2.17. The molecule has 114 valence electrons. The van der Waals surface area contributed by atoms with Crippen LogP contribution in [0.15, 0.2) is 18.5 Å². The molecule has 1 amide bonds. The lowest BCUT2D eigenvalue weighted by atomic mass is 9.85.